The van der Waals surface area contributed by atoms with Gasteiger partial charge in [-0.3, -0.25) is 0 Å². The van der Waals surface area contributed by atoms with E-state index in [-0.39, 0.29) is 12.2 Å². The van der Waals surface area contributed by atoms with Gasteiger partial charge in [0.1, 0.15) is 11.1 Å². The van der Waals surface area contributed by atoms with Crippen LogP contribution >= 0.6 is 11.3 Å². The van der Waals surface area contributed by atoms with Crippen molar-refractivity contribution in [2.45, 2.75) is 31.2 Å². The predicted octanol–water partition coefficient (Wildman–Crippen LogP) is 7.18. The fourth-order valence-electron chi connectivity index (χ4n) is 4.33. The number of ether oxygens (including phenoxy) is 1. The molecule has 1 unspecified atom stereocenters. The van der Waals surface area contributed by atoms with Crippen molar-refractivity contribution < 1.29 is 17.9 Å². The van der Waals surface area contributed by atoms with Crippen molar-refractivity contribution in [2.24, 2.45) is 0 Å². The Balaban J connectivity index is 1.49. The van der Waals surface area contributed by atoms with Gasteiger partial charge in [0.15, 0.2) is 0 Å². The molecule has 176 valence electrons. The van der Waals surface area contributed by atoms with E-state index in [0.29, 0.717) is 0 Å². The first-order chi connectivity index (χ1) is 16.4. The van der Waals surface area contributed by atoms with E-state index in [1.165, 1.54) is 12.1 Å². The summed E-state index contributed by atoms with van der Waals surface area (Å²) < 4.78 is 46.7. The summed E-state index contributed by atoms with van der Waals surface area (Å²) in [5, 5.41) is 0.893. The van der Waals surface area contributed by atoms with Crippen LogP contribution in [0.2, 0.25) is 0 Å². The van der Waals surface area contributed by atoms with Crippen LogP contribution in [-0.4, -0.2) is 36.1 Å². The first-order valence-electron chi connectivity index (χ1n) is 11.3. The fraction of sp³-hybridized carbons (Fsp3) is 0.296. The number of piperidine rings is 1. The lowest BCUT2D eigenvalue weighted by atomic mass is 9.99. The lowest BCUT2D eigenvalue weighted by Crippen LogP contribution is -2.35. The number of para-hydroxylation sites is 1. The molecule has 34 heavy (non-hydrogen) atoms. The van der Waals surface area contributed by atoms with Gasteiger partial charge in [0, 0.05) is 13.1 Å². The minimum Gasteiger partial charge on any atom is -0.363 e. The first kappa shape index (κ1) is 23.0. The number of thiazole rings is 1. The third-order valence-corrected chi connectivity index (χ3v) is 7.34. The van der Waals surface area contributed by atoms with Crippen LogP contribution in [0.5, 0.6) is 0 Å². The van der Waals surface area contributed by atoms with Crippen LogP contribution in [-0.2, 0) is 10.9 Å². The van der Waals surface area contributed by atoms with Gasteiger partial charge in [-0.1, -0.05) is 42.5 Å². The molecule has 1 fully saturated rings. The average Bonchev–Trinajstić information content (AvgIpc) is 3.27. The van der Waals surface area contributed by atoms with E-state index in [0.717, 1.165) is 70.0 Å². The van der Waals surface area contributed by atoms with Crippen molar-refractivity contribution in [3.8, 4) is 11.1 Å². The minimum absolute atomic E-state index is 0.128. The van der Waals surface area contributed by atoms with E-state index in [2.05, 4.69) is 18.0 Å². The van der Waals surface area contributed by atoms with Crippen molar-refractivity contribution in [2.75, 3.05) is 20.1 Å². The smallest absolute Gasteiger partial charge is 0.363 e. The number of aromatic nitrogens is 1. The molecule has 1 atom stereocenters. The van der Waals surface area contributed by atoms with E-state index < -0.39 is 11.7 Å². The molecule has 0 saturated carbocycles. The van der Waals surface area contributed by atoms with E-state index in [1.54, 1.807) is 11.3 Å². The standard InChI is InChI=1S/C27H25F3N2OS/c1-32-15-13-22(14-16-32)33-25(26-31-23-7-2-3-8-24(23)34-26)20-6-4-5-19(17-20)18-9-11-21(12-10-18)27(28,29)30/h2-12,17,22,25H,13-16H2,1H3. The second-order valence-corrected chi connectivity index (χ2v) is 9.80. The van der Waals surface area contributed by atoms with Gasteiger partial charge < -0.3 is 9.64 Å². The number of likely N-dealkylation sites (tertiary alicyclic amines) is 1. The Morgan fingerprint density at radius 2 is 1.68 bits per heavy atom. The Kier molecular flexibility index (Phi) is 6.42. The molecule has 1 saturated heterocycles. The summed E-state index contributed by atoms with van der Waals surface area (Å²) in [6, 6.07) is 21.2. The number of alkyl halides is 3. The maximum absolute atomic E-state index is 13.0. The molecule has 0 bridgehead atoms. The molecule has 0 aliphatic carbocycles. The third-order valence-electron chi connectivity index (χ3n) is 6.26. The lowest BCUT2D eigenvalue weighted by molar-refractivity contribution is -0.137. The Morgan fingerprint density at radius 1 is 0.941 bits per heavy atom. The summed E-state index contributed by atoms with van der Waals surface area (Å²) in [6.07, 6.45) is -2.64. The van der Waals surface area contributed by atoms with Gasteiger partial charge in [-0.25, -0.2) is 4.98 Å². The molecule has 0 spiro atoms. The zero-order valence-corrected chi connectivity index (χ0v) is 19.6. The molecule has 0 radical (unpaired) electrons. The molecule has 0 amide bonds. The molecule has 1 aliphatic rings. The molecule has 3 nitrogen and oxygen atoms in total. The SMILES string of the molecule is CN1CCC(OC(c2cccc(-c3ccc(C(F)(F)F)cc3)c2)c2nc3ccccc3s2)CC1. The van der Waals surface area contributed by atoms with E-state index in [4.69, 9.17) is 9.72 Å². The van der Waals surface area contributed by atoms with Crippen molar-refractivity contribution in [1.29, 1.82) is 0 Å². The predicted molar refractivity (Wildman–Crippen MR) is 130 cm³/mol. The topological polar surface area (TPSA) is 25.4 Å². The summed E-state index contributed by atoms with van der Waals surface area (Å²) in [5.74, 6) is 0. The van der Waals surface area contributed by atoms with Crippen LogP contribution in [0.1, 0.15) is 35.1 Å². The normalized spacial score (nSPS) is 16.7. The highest BCUT2D eigenvalue weighted by Gasteiger charge is 2.30. The molecule has 1 aliphatic heterocycles. The summed E-state index contributed by atoms with van der Waals surface area (Å²) >= 11 is 1.62. The quantitative estimate of drug-likeness (QED) is 0.301. The number of halogens is 3. The van der Waals surface area contributed by atoms with Crippen LogP contribution in [0.25, 0.3) is 21.3 Å². The summed E-state index contributed by atoms with van der Waals surface area (Å²) in [7, 11) is 2.12. The van der Waals surface area contributed by atoms with Crippen molar-refractivity contribution in [1.82, 2.24) is 9.88 Å². The number of hydrogen-bond acceptors (Lipinski definition) is 4. The molecular weight excluding hydrogens is 457 g/mol. The zero-order chi connectivity index (χ0) is 23.7. The number of nitrogens with zero attached hydrogens (tertiary/aromatic N) is 2. The molecule has 3 aromatic carbocycles. The second-order valence-electron chi connectivity index (χ2n) is 8.74. The monoisotopic (exact) mass is 482 g/mol. The molecule has 0 N–H and O–H groups in total. The number of fused-ring (bicyclic) bond motifs is 1. The first-order valence-corrected chi connectivity index (χ1v) is 12.2. The maximum atomic E-state index is 13.0. The Labute approximate surface area is 200 Å². The Bertz CT molecular complexity index is 1230. The highest BCUT2D eigenvalue weighted by molar-refractivity contribution is 7.18. The second kappa shape index (κ2) is 9.49. The van der Waals surface area contributed by atoms with E-state index in [9.17, 15) is 13.2 Å². The molecule has 2 heterocycles. The van der Waals surface area contributed by atoms with Crippen LogP contribution < -0.4 is 0 Å². The minimum atomic E-state index is -4.35. The van der Waals surface area contributed by atoms with Gasteiger partial charge in [-0.2, -0.15) is 13.2 Å². The van der Waals surface area contributed by atoms with E-state index >= 15 is 0 Å². The molecular formula is C27H25F3N2OS. The van der Waals surface area contributed by atoms with Gasteiger partial charge in [0.05, 0.1) is 21.9 Å². The lowest BCUT2D eigenvalue weighted by Gasteiger charge is -2.31. The number of benzene rings is 3. The molecule has 1 aromatic heterocycles. The van der Waals surface area contributed by atoms with Gasteiger partial charge in [-0.15, -0.1) is 11.3 Å². The summed E-state index contributed by atoms with van der Waals surface area (Å²) in [6.45, 7) is 1.98. The van der Waals surface area contributed by atoms with Gasteiger partial charge >= 0.3 is 6.18 Å². The van der Waals surface area contributed by atoms with E-state index in [1.807, 2.05) is 42.5 Å². The van der Waals surface area contributed by atoms with Crippen molar-refractivity contribution >= 4 is 21.6 Å². The molecule has 4 aromatic rings. The largest absolute Gasteiger partial charge is 0.416 e. The van der Waals surface area contributed by atoms with Gasteiger partial charge in [0.25, 0.3) is 0 Å². The highest BCUT2D eigenvalue weighted by atomic mass is 32.1. The molecule has 7 heteroatoms. The third kappa shape index (κ3) is 5.02. The summed E-state index contributed by atoms with van der Waals surface area (Å²) in [4.78, 5) is 7.17. The number of hydrogen-bond donors (Lipinski definition) is 0. The van der Waals surface area contributed by atoms with Crippen molar-refractivity contribution in [3.05, 3.63) is 88.9 Å². The van der Waals surface area contributed by atoms with Crippen molar-refractivity contribution in [3.63, 3.8) is 0 Å². The maximum Gasteiger partial charge on any atom is 0.416 e. The molecule has 5 rings (SSSR count). The van der Waals surface area contributed by atoms with Crippen LogP contribution in [0, 0.1) is 0 Å². The van der Waals surface area contributed by atoms with Crippen LogP contribution in [0.4, 0.5) is 13.2 Å². The fourth-order valence-corrected chi connectivity index (χ4v) is 5.36. The van der Waals surface area contributed by atoms with Crippen LogP contribution in [0.3, 0.4) is 0 Å². The zero-order valence-electron chi connectivity index (χ0n) is 18.8. The number of rotatable bonds is 5. The summed E-state index contributed by atoms with van der Waals surface area (Å²) in [5.41, 5.74) is 2.83. The average molecular weight is 483 g/mol. The highest BCUT2D eigenvalue weighted by Crippen LogP contribution is 2.37. The Hall–Kier alpha value is -2.74. The van der Waals surface area contributed by atoms with Crippen LogP contribution in [0.15, 0.2) is 72.8 Å². The Morgan fingerprint density at radius 3 is 2.38 bits per heavy atom. The van der Waals surface area contributed by atoms with Gasteiger partial charge in [0.2, 0.25) is 0 Å². The van der Waals surface area contributed by atoms with Gasteiger partial charge in [-0.05, 0) is 66.9 Å².